The lowest BCUT2D eigenvalue weighted by Crippen LogP contribution is -2.18. The molecule has 6 heteroatoms. The van der Waals surface area contributed by atoms with E-state index in [0.29, 0.717) is 12.3 Å². The molecule has 0 fully saturated rings. The number of carbonyl (C=O) groups excluding carboxylic acids is 2. The Kier molecular flexibility index (Phi) is 6.02. The predicted octanol–water partition coefficient (Wildman–Crippen LogP) is 4.12. The van der Waals surface area contributed by atoms with Gasteiger partial charge in [-0.3, -0.25) is 9.59 Å². The Balaban J connectivity index is 1.88. The smallest absolute Gasteiger partial charge is 0.217 e. The molecule has 1 aromatic carbocycles. The van der Waals surface area contributed by atoms with E-state index in [0.717, 1.165) is 19.1 Å². The van der Waals surface area contributed by atoms with E-state index < -0.39 is 0 Å². The molecule has 2 rings (SSSR count). The van der Waals surface area contributed by atoms with Crippen molar-refractivity contribution < 1.29 is 9.59 Å². The van der Waals surface area contributed by atoms with E-state index in [2.05, 4.69) is 21.2 Å². The summed E-state index contributed by atoms with van der Waals surface area (Å²) in [6, 6.07) is 11.6. The van der Waals surface area contributed by atoms with Gasteiger partial charge in [0.05, 0.1) is 17.2 Å². The van der Waals surface area contributed by atoms with Gasteiger partial charge in [0, 0.05) is 21.2 Å². The molecule has 1 N–H and O–H groups in total. The van der Waals surface area contributed by atoms with Gasteiger partial charge in [-0.05, 0) is 36.4 Å². The molecule has 0 atom stereocenters. The number of ketones is 1. The van der Waals surface area contributed by atoms with Gasteiger partial charge in [0.1, 0.15) is 0 Å². The molecule has 3 nitrogen and oxygen atoms in total. The Labute approximate surface area is 140 Å². The summed E-state index contributed by atoms with van der Waals surface area (Å²) in [6.45, 7) is 1.96. The van der Waals surface area contributed by atoms with Crippen LogP contribution in [0, 0.1) is 0 Å². The second-order valence-corrected chi connectivity index (χ2v) is 7.47. The molecule has 0 unspecified atom stereocenters. The third-order valence-corrected chi connectivity index (χ3v) is 5.30. The average Bonchev–Trinajstić information content (AvgIpc) is 2.93. The summed E-state index contributed by atoms with van der Waals surface area (Å²) in [5.74, 6) is 0.464. The molecule has 1 aromatic heterocycles. The van der Waals surface area contributed by atoms with Gasteiger partial charge in [-0.2, -0.15) is 0 Å². The molecule has 0 saturated heterocycles. The zero-order valence-corrected chi connectivity index (χ0v) is 14.6. The maximum absolute atomic E-state index is 12.1. The third-order valence-electron chi connectivity index (χ3n) is 2.63. The second-order valence-electron chi connectivity index (χ2n) is 4.34. The minimum atomic E-state index is -0.0675. The molecule has 0 saturated carbocycles. The summed E-state index contributed by atoms with van der Waals surface area (Å²) in [6.07, 6.45) is 0. The highest BCUT2D eigenvalue weighted by Gasteiger charge is 2.10. The maximum atomic E-state index is 12.1. The molecule has 0 spiro atoms. The van der Waals surface area contributed by atoms with E-state index in [9.17, 15) is 9.59 Å². The van der Waals surface area contributed by atoms with Crippen molar-refractivity contribution in [3.05, 3.63) is 50.6 Å². The number of nitrogens with one attached hydrogen (secondary N) is 1. The minimum absolute atomic E-state index is 0.0675. The lowest BCUT2D eigenvalue weighted by Gasteiger charge is -2.00. The molecule has 1 amide bonds. The molecule has 1 heterocycles. The fourth-order valence-corrected chi connectivity index (χ4v) is 3.61. The van der Waals surface area contributed by atoms with E-state index in [-0.39, 0.29) is 11.7 Å². The number of rotatable bonds is 6. The summed E-state index contributed by atoms with van der Waals surface area (Å²) in [5.41, 5.74) is 0. The van der Waals surface area contributed by atoms with E-state index in [4.69, 9.17) is 0 Å². The molecule has 110 valence electrons. The summed E-state index contributed by atoms with van der Waals surface area (Å²) in [7, 11) is 0. The number of thioether (sulfide) groups is 1. The molecule has 0 aliphatic heterocycles. The summed E-state index contributed by atoms with van der Waals surface area (Å²) < 4.78 is 1.03. The Bertz CT molecular complexity index is 637. The normalized spacial score (nSPS) is 10.4. The molecule has 0 aliphatic carbocycles. The molecule has 0 bridgehead atoms. The SMILES string of the molecule is CC(=O)NCc1ccc(C(=O)CSc2ccc(Br)cc2)s1. The van der Waals surface area contributed by atoms with Crippen molar-refractivity contribution in [1.82, 2.24) is 5.32 Å². The van der Waals surface area contributed by atoms with Gasteiger partial charge >= 0.3 is 0 Å². The molecular weight excluding hydrogens is 370 g/mol. The van der Waals surface area contributed by atoms with Crippen molar-refractivity contribution in [2.75, 3.05) is 5.75 Å². The number of amides is 1. The number of carbonyl (C=O) groups is 2. The lowest BCUT2D eigenvalue weighted by molar-refractivity contribution is -0.119. The van der Waals surface area contributed by atoms with Crippen LogP contribution in [0.2, 0.25) is 0 Å². The number of benzene rings is 1. The Morgan fingerprint density at radius 2 is 1.90 bits per heavy atom. The summed E-state index contributed by atoms with van der Waals surface area (Å²) in [4.78, 5) is 25.8. The van der Waals surface area contributed by atoms with Crippen LogP contribution >= 0.6 is 39.0 Å². The topological polar surface area (TPSA) is 46.2 Å². The van der Waals surface area contributed by atoms with Crippen LogP contribution in [-0.2, 0) is 11.3 Å². The summed E-state index contributed by atoms with van der Waals surface area (Å²) in [5, 5.41) is 2.73. The molecule has 0 aliphatic rings. The molecule has 2 aromatic rings. The minimum Gasteiger partial charge on any atom is -0.351 e. The lowest BCUT2D eigenvalue weighted by atomic mass is 10.3. The van der Waals surface area contributed by atoms with Crippen LogP contribution in [0.1, 0.15) is 21.5 Å². The largest absolute Gasteiger partial charge is 0.351 e. The fraction of sp³-hybridized carbons (Fsp3) is 0.200. The Hall–Kier alpha value is -1.11. The maximum Gasteiger partial charge on any atom is 0.217 e. The Morgan fingerprint density at radius 3 is 2.57 bits per heavy atom. The highest BCUT2D eigenvalue weighted by Crippen LogP contribution is 2.24. The van der Waals surface area contributed by atoms with E-state index in [1.807, 2.05) is 36.4 Å². The van der Waals surface area contributed by atoms with Crippen LogP contribution in [0.25, 0.3) is 0 Å². The standard InChI is InChI=1S/C15H14BrNO2S2/c1-10(18)17-8-13-6-7-15(21-13)14(19)9-20-12-4-2-11(16)3-5-12/h2-7H,8-9H2,1H3,(H,17,18). The van der Waals surface area contributed by atoms with Crippen molar-refractivity contribution in [3.8, 4) is 0 Å². The van der Waals surface area contributed by atoms with Crippen molar-refractivity contribution in [2.45, 2.75) is 18.4 Å². The third kappa shape index (κ3) is 5.30. The van der Waals surface area contributed by atoms with Crippen LogP contribution in [0.4, 0.5) is 0 Å². The van der Waals surface area contributed by atoms with E-state index in [1.165, 1.54) is 30.0 Å². The van der Waals surface area contributed by atoms with Gasteiger partial charge in [0.15, 0.2) is 5.78 Å². The van der Waals surface area contributed by atoms with Crippen LogP contribution < -0.4 is 5.32 Å². The number of hydrogen-bond donors (Lipinski definition) is 1. The average molecular weight is 384 g/mol. The first kappa shape index (κ1) is 16.3. The van der Waals surface area contributed by atoms with E-state index >= 15 is 0 Å². The van der Waals surface area contributed by atoms with Crippen molar-refractivity contribution >= 4 is 50.7 Å². The van der Waals surface area contributed by atoms with Gasteiger partial charge in [-0.1, -0.05) is 15.9 Å². The van der Waals surface area contributed by atoms with Gasteiger partial charge in [-0.25, -0.2) is 0 Å². The number of Topliss-reactive ketones (excluding diaryl/α,β-unsaturated/α-hetero) is 1. The van der Waals surface area contributed by atoms with Crippen LogP contribution in [0.15, 0.2) is 45.8 Å². The first-order chi connectivity index (χ1) is 10.0. The van der Waals surface area contributed by atoms with Gasteiger partial charge in [0.2, 0.25) is 5.91 Å². The first-order valence-corrected chi connectivity index (χ1v) is 8.89. The number of halogens is 1. The summed E-state index contributed by atoms with van der Waals surface area (Å²) >= 11 is 6.35. The first-order valence-electron chi connectivity index (χ1n) is 6.29. The molecule has 21 heavy (non-hydrogen) atoms. The van der Waals surface area contributed by atoms with E-state index in [1.54, 1.807) is 0 Å². The highest BCUT2D eigenvalue weighted by atomic mass is 79.9. The number of thiophene rings is 1. The van der Waals surface area contributed by atoms with Gasteiger partial charge in [0.25, 0.3) is 0 Å². The van der Waals surface area contributed by atoms with Gasteiger partial charge in [-0.15, -0.1) is 23.1 Å². The van der Waals surface area contributed by atoms with Gasteiger partial charge < -0.3 is 5.32 Å². The fourth-order valence-electron chi connectivity index (χ4n) is 1.59. The van der Waals surface area contributed by atoms with Crippen LogP contribution in [-0.4, -0.2) is 17.4 Å². The Morgan fingerprint density at radius 1 is 1.19 bits per heavy atom. The quantitative estimate of drug-likeness (QED) is 0.602. The monoisotopic (exact) mass is 383 g/mol. The van der Waals surface area contributed by atoms with Crippen molar-refractivity contribution in [1.29, 1.82) is 0 Å². The van der Waals surface area contributed by atoms with Crippen LogP contribution in [0.3, 0.4) is 0 Å². The predicted molar refractivity (Wildman–Crippen MR) is 91.0 cm³/mol. The highest BCUT2D eigenvalue weighted by molar-refractivity contribution is 9.10. The zero-order chi connectivity index (χ0) is 15.2. The van der Waals surface area contributed by atoms with Crippen molar-refractivity contribution in [3.63, 3.8) is 0 Å². The van der Waals surface area contributed by atoms with Crippen LogP contribution in [0.5, 0.6) is 0 Å². The second kappa shape index (κ2) is 7.77. The van der Waals surface area contributed by atoms with Crippen molar-refractivity contribution in [2.24, 2.45) is 0 Å². The molecule has 0 radical (unpaired) electrons. The zero-order valence-electron chi connectivity index (χ0n) is 11.4. The number of hydrogen-bond acceptors (Lipinski definition) is 4. The molecular formula is C15H14BrNO2S2.